The Kier molecular flexibility index (Phi) is 7.78. The molecule has 0 amide bonds. The molecular formula is C58H36N2OS. The average molecular weight is 809 g/mol. The molecule has 3 nitrogen and oxygen atoms in total. The highest BCUT2D eigenvalue weighted by Gasteiger charge is 2.23. The van der Waals surface area contributed by atoms with E-state index in [2.05, 4.69) is 222 Å². The molecule has 10 aromatic carbocycles. The molecule has 290 valence electrons. The summed E-state index contributed by atoms with van der Waals surface area (Å²) in [7, 11) is 0. The van der Waals surface area contributed by atoms with Gasteiger partial charge in [0, 0.05) is 54.0 Å². The first kappa shape index (κ1) is 34.9. The Morgan fingerprint density at radius 2 is 1.11 bits per heavy atom. The highest BCUT2D eigenvalue weighted by Crippen LogP contribution is 2.49. The first-order chi connectivity index (χ1) is 30.7. The summed E-state index contributed by atoms with van der Waals surface area (Å²) in [6, 6.07) is 79.3. The number of rotatable bonds is 6. The summed E-state index contributed by atoms with van der Waals surface area (Å²) >= 11 is 1.86. The largest absolute Gasteiger partial charge is 0.456 e. The van der Waals surface area contributed by atoms with E-state index in [-0.39, 0.29) is 0 Å². The highest BCUT2D eigenvalue weighted by atomic mass is 32.1. The van der Waals surface area contributed by atoms with Crippen LogP contribution in [0.1, 0.15) is 0 Å². The summed E-state index contributed by atoms with van der Waals surface area (Å²) in [5.41, 5.74) is 13.2. The number of nitrogens with zero attached hydrogens (tertiary/aromatic N) is 2. The van der Waals surface area contributed by atoms with Gasteiger partial charge in [-0.1, -0.05) is 146 Å². The van der Waals surface area contributed by atoms with Crippen molar-refractivity contribution in [3.05, 3.63) is 218 Å². The van der Waals surface area contributed by atoms with E-state index in [4.69, 9.17) is 4.42 Å². The lowest BCUT2D eigenvalue weighted by Gasteiger charge is -2.29. The van der Waals surface area contributed by atoms with Crippen LogP contribution in [-0.4, -0.2) is 4.57 Å². The van der Waals surface area contributed by atoms with Crippen molar-refractivity contribution in [1.82, 2.24) is 4.57 Å². The van der Waals surface area contributed by atoms with Gasteiger partial charge in [-0.15, -0.1) is 11.3 Å². The zero-order chi connectivity index (χ0) is 40.7. The molecule has 3 aromatic heterocycles. The van der Waals surface area contributed by atoms with Crippen LogP contribution in [0.2, 0.25) is 0 Å². The van der Waals surface area contributed by atoms with Crippen molar-refractivity contribution in [3.8, 4) is 27.9 Å². The number of hydrogen-bond acceptors (Lipinski definition) is 3. The van der Waals surface area contributed by atoms with Crippen LogP contribution in [-0.2, 0) is 0 Å². The number of thiophene rings is 1. The summed E-state index contributed by atoms with van der Waals surface area (Å²) < 4.78 is 11.3. The van der Waals surface area contributed by atoms with Crippen molar-refractivity contribution in [2.75, 3.05) is 4.90 Å². The molecule has 0 radical (unpaired) electrons. The monoisotopic (exact) mass is 808 g/mol. The molecule has 0 spiro atoms. The minimum Gasteiger partial charge on any atom is -0.456 e. The fraction of sp³-hybridized carbons (Fsp3) is 0. The lowest BCUT2D eigenvalue weighted by Crippen LogP contribution is -2.11. The summed E-state index contributed by atoms with van der Waals surface area (Å²) in [5, 5.41) is 9.82. The number of anilines is 3. The highest BCUT2D eigenvalue weighted by molar-refractivity contribution is 7.26. The zero-order valence-electron chi connectivity index (χ0n) is 33.5. The number of hydrogen-bond donors (Lipinski definition) is 0. The van der Waals surface area contributed by atoms with E-state index in [1.54, 1.807) is 0 Å². The normalized spacial score (nSPS) is 11.9. The van der Waals surface area contributed by atoms with E-state index in [1.807, 2.05) is 17.4 Å². The maximum Gasteiger partial charge on any atom is 0.135 e. The Labute approximate surface area is 361 Å². The summed E-state index contributed by atoms with van der Waals surface area (Å²) in [5.74, 6) is 0. The molecule has 4 heteroatoms. The van der Waals surface area contributed by atoms with E-state index in [1.165, 1.54) is 52.8 Å². The lowest BCUT2D eigenvalue weighted by molar-refractivity contribution is 0.669. The second kappa shape index (κ2) is 13.8. The standard InChI is InChI=1S/C58H36N2OS/c1-2-14-37(15-3-1)48-35-40(39-17-12-18-41(34-39)59-50-24-9-6-22-47(50)57-43-19-5-4-16-38(43)28-32-52(57)59)29-31-51(48)60(42-30-33-55-49(36-42)44-20-7-10-26-54(44)61-55)53-25-13-23-46-45-21-8-11-27-56(45)62-58(46)53/h1-36H. The number of fused-ring (bicyclic) bond motifs is 11. The minimum absolute atomic E-state index is 0.880. The van der Waals surface area contributed by atoms with Crippen molar-refractivity contribution in [3.63, 3.8) is 0 Å². The van der Waals surface area contributed by atoms with Crippen LogP contribution in [0.3, 0.4) is 0 Å². The van der Waals surface area contributed by atoms with Crippen molar-refractivity contribution in [2.24, 2.45) is 0 Å². The number of benzene rings is 10. The molecule has 0 aliphatic carbocycles. The van der Waals surface area contributed by atoms with Gasteiger partial charge in [-0.25, -0.2) is 0 Å². The van der Waals surface area contributed by atoms with Crippen LogP contribution in [0.15, 0.2) is 223 Å². The Balaban J connectivity index is 1.04. The fourth-order valence-electron chi connectivity index (χ4n) is 9.77. The zero-order valence-corrected chi connectivity index (χ0v) is 34.3. The molecule has 0 atom stereocenters. The molecule has 0 aliphatic rings. The quantitative estimate of drug-likeness (QED) is 0.167. The molecule has 0 saturated carbocycles. The third kappa shape index (κ3) is 5.37. The van der Waals surface area contributed by atoms with Crippen LogP contribution in [0.4, 0.5) is 17.1 Å². The number of furan rings is 1. The molecule has 13 aromatic rings. The van der Waals surface area contributed by atoms with Crippen LogP contribution < -0.4 is 4.90 Å². The predicted octanol–water partition coefficient (Wildman–Crippen LogP) is 17.0. The van der Waals surface area contributed by atoms with Crippen LogP contribution in [0.25, 0.3) is 103 Å². The maximum absolute atomic E-state index is 6.35. The molecule has 3 heterocycles. The van der Waals surface area contributed by atoms with E-state index >= 15 is 0 Å². The SMILES string of the molecule is c1ccc(-c2cc(-c3cccc(-n4c5ccccc5c5c6ccccc6ccc54)c3)ccc2N(c2ccc3oc4ccccc4c3c2)c2cccc3c2sc2ccccc23)cc1. The van der Waals surface area contributed by atoms with Gasteiger partial charge in [0.2, 0.25) is 0 Å². The third-order valence-electron chi connectivity index (χ3n) is 12.6. The molecule has 62 heavy (non-hydrogen) atoms. The van der Waals surface area contributed by atoms with E-state index in [0.29, 0.717) is 0 Å². The second-order valence-corrected chi connectivity index (χ2v) is 17.1. The Morgan fingerprint density at radius 3 is 2.03 bits per heavy atom. The van der Waals surface area contributed by atoms with Crippen molar-refractivity contribution in [1.29, 1.82) is 0 Å². The van der Waals surface area contributed by atoms with E-state index in [0.717, 1.165) is 66.9 Å². The molecule has 0 unspecified atom stereocenters. The van der Waals surface area contributed by atoms with Gasteiger partial charge < -0.3 is 13.9 Å². The Bertz CT molecular complexity index is 3890. The van der Waals surface area contributed by atoms with Crippen molar-refractivity contribution in [2.45, 2.75) is 0 Å². The second-order valence-electron chi connectivity index (χ2n) is 16.0. The molecule has 0 fully saturated rings. The fourth-order valence-corrected chi connectivity index (χ4v) is 11.0. The predicted molar refractivity (Wildman–Crippen MR) is 264 cm³/mol. The molecule has 0 saturated heterocycles. The maximum atomic E-state index is 6.35. The molecule has 0 aliphatic heterocycles. The lowest BCUT2D eigenvalue weighted by atomic mass is 9.95. The first-order valence-corrected chi connectivity index (χ1v) is 21.9. The minimum atomic E-state index is 0.880. The first-order valence-electron chi connectivity index (χ1n) is 21.1. The number of para-hydroxylation sites is 2. The molecular weight excluding hydrogens is 773 g/mol. The Hall–Kier alpha value is -7.92. The average Bonchev–Trinajstić information content (AvgIpc) is 4.02. The van der Waals surface area contributed by atoms with Crippen LogP contribution in [0.5, 0.6) is 0 Å². The summed E-state index contributed by atoms with van der Waals surface area (Å²) in [6.07, 6.45) is 0. The molecule has 0 bridgehead atoms. The van der Waals surface area contributed by atoms with E-state index in [9.17, 15) is 0 Å². The third-order valence-corrected chi connectivity index (χ3v) is 13.8. The van der Waals surface area contributed by atoms with Crippen LogP contribution in [0, 0.1) is 0 Å². The number of aromatic nitrogens is 1. The summed E-state index contributed by atoms with van der Waals surface area (Å²) in [6.45, 7) is 0. The topological polar surface area (TPSA) is 21.3 Å². The van der Waals surface area contributed by atoms with Crippen LogP contribution >= 0.6 is 11.3 Å². The van der Waals surface area contributed by atoms with E-state index < -0.39 is 0 Å². The summed E-state index contributed by atoms with van der Waals surface area (Å²) in [4.78, 5) is 2.46. The van der Waals surface area contributed by atoms with Gasteiger partial charge in [-0.2, -0.15) is 0 Å². The van der Waals surface area contributed by atoms with Crippen molar-refractivity contribution < 1.29 is 4.42 Å². The van der Waals surface area contributed by atoms with Gasteiger partial charge in [0.15, 0.2) is 0 Å². The van der Waals surface area contributed by atoms with Gasteiger partial charge in [-0.05, 0) is 100 Å². The molecule has 0 N–H and O–H groups in total. The van der Waals surface area contributed by atoms with Gasteiger partial charge in [-0.3, -0.25) is 0 Å². The Morgan fingerprint density at radius 1 is 0.403 bits per heavy atom. The smallest absolute Gasteiger partial charge is 0.135 e. The van der Waals surface area contributed by atoms with Gasteiger partial charge >= 0.3 is 0 Å². The van der Waals surface area contributed by atoms with Gasteiger partial charge in [0.1, 0.15) is 11.2 Å². The molecule has 13 rings (SSSR count). The van der Waals surface area contributed by atoms with Crippen molar-refractivity contribution >= 4 is 103 Å². The van der Waals surface area contributed by atoms with Gasteiger partial charge in [0.25, 0.3) is 0 Å². The van der Waals surface area contributed by atoms with Gasteiger partial charge in [0.05, 0.1) is 27.1 Å².